The zero-order valence-electron chi connectivity index (χ0n) is 16.1. The van der Waals surface area contributed by atoms with Gasteiger partial charge in [-0.2, -0.15) is 0 Å². The molecule has 0 atom stereocenters. The van der Waals surface area contributed by atoms with Crippen molar-refractivity contribution < 1.29 is 13.2 Å². The molecule has 2 aromatic carbocycles. The molecule has 0 bridgehead atoms. The molecule has 0 fully saturated rings. The van der Waals surface area contributed by atoms with E-state index >= 15 is 0 Å². The first-order chi connectivity index (χ1) is 13.5. The van der Waals surface area contributed by atoms with E-state index < -0.39 is 10.0 Å². The van der Waals surface area contributed by atoms with Crippen molar-refractivity contribution in [2.75, 3.05) is 20.7 Å². The molecule has 0 spiro atoms. The van der Waals surface area contributed by atoms with Crippen molar-refractivity contribution in [2.24, 2.45) is 4.99 Å². The van der Waals surface area contributed by atoms with Gasteiger partial charge in [-0.15, -0.1) is 0 Å². The molecule has 0 radical (unpaired) electrons. The molecule has 0 aliphatic rings. The highest BCUT2D eigenvalue weighted by atomic mass is 32.2. The van der Waals surface area contributed by atoms with Crippen molar-refractivity contribution in [1.82, 2.24) is 15.4 Å². The molecule has 0 heterocycles. The van der Waals surface area contributed by atoms with Crippen LogP contribution in [0, 0.1) is 0 Å². The minimum Gasteiger partial charge on any atom is -0.489 e. The molecule has 2 rings (SSSR count). The Balaban J connectivity index is 1.93. The predicted molar refractivity (Wildman–Crippen MR) is 112 cm³/mol. The summed E-state index contributed by atoms with van der Waals surface area (Å²) in [6.07, 6.45) is 1.71. The fourth-order valence-electron chi connectivity index (χ4n) is 2.43. The van der Waals surface area contributed by atoms with Gasteiger partial charge in [-0.25, -0.2) is 13.1 Å². The first-order valence-corrected chi connectivity index (χ1v) is 10.3. The van der Waals surface area contributed by atoms with Crippen LogP contribution in [0.3, 0.4) is 0 Å². The Labute approximate surface area is 166 Å². The van der Waals surface area contributed by atoms with Crippen LogP contribution in [-0.2, 0) is 23.1 Å². The average molecular weight is 403 g/mol. The van der Waals surface area contributed by atoms with E-state index in [9.17, 15) is 8.42 Å². The summed E-state index contributed by atoms with van der Waals surface area (Å²) in [5, 5.41) is 6.45. The lowest BCUT2D eigenvalue weighted by atomic mass is 10.2. The van der Waals surface area contributed by atoms with Crippen molar-refractivity contribution in [3.8, 4) is 5.75 Å². The van der Waals surface area contributed by atoms with E-state index in [0.717, 1.165) is 16.9 Å². The van der Waals surface area contributed by atoms with Crippen molar-refractivity contribution in [3.05, 3.63) is 72.3 Å². The zero-order valence-corrected chi connectivity index (χ0v) is 16.9. The van der Waals surface area contributed by atoms with Crippen LogP contribution in [0.4, 0.5) is 0 Å². The molecule has 7 nitrogen and oxygen atoms in total. The fourth-order valence-corrected chi connectivity index (χ4v) is 3.16. The molecular weight excluding hydrogens is 376 g/mol. The normalized spacial score (nSPS) is 11.7. The first kappa shape index (κ1) is 21.5. The van der Waals surface area contributed by atoms with Gasteiger partial charge in [-0.1, -0.05) is 43.0 Å². The summed E-state index contributed by atoms with van der Waals surface area (Å²) >= 11 is 0. The minimum absolute atomic E-state index is 0.234. The second kappa shape index (κ2) is 10.5. The van der Waals surface area contributed by atoms with E-state index in [1.807, 2.05) is 24.3 Å². The van der Waals surface area contributed by atoms with Gasteiger partial charge in [0.25, 0.3) is 0 Å². The van der Waals surface area contributed by atoms with Crippen LogP contribution in [0.5, 0.6) is 5.75 Å². The molecule has 0 unspecified atom stereocenters. The van der Waals surface area contributed by atoms with E-state index in [1.165, 1.54) is 7.05 Å². The third-order valence-corrected chi connectivity index (χ3v) is 5.39. The molecule has 3 N–H and O–H groups in total. The monoisotopic (exact) mass is 402 g/mol. The molecule has 0 amide bonds. The van der Waals surface area contributed by atoms with Gasteiger partial charge in [0.1, 0.15) is 12.4 Å². The largest absolute Gasteiger partial charge is 0.489 e. The Bertz CT molecular complexity index is 909. The van der Waals surface area contributed by atoms with Gasteiger partial charge in [0.05, 0.1) is 4.90 Å². The summed E-state index contributed by atoms with van der Waals surface area (Å²) in [4.78, 5) is 4.45. The number of nitrogens with one attached hydrogen (secondary N) is 3. The predicted octanol–water partition coefficient (Wildman–Crippen LogP) is 2.02. The standard InChI is InChI=1S/C20H26N4O3S/c1-4-13-27-19-8-6-5-7-17(19)15-24-20(21-2)23-14-16-9-11-18(12-10-16)28(25,26)22-3/h4-12,22H,1,13-15H2,2-3H3,(H2,21,23,24). The minimum atomic E-state index is -3.43. The SMILES string of the molecule is C=CCOc1ccccc1CNC(=NC)NCc1ccc(S(=O)(=O)NC)cc1. The topological polar surface area (TPSA) is 91.8 Å². The first-order valence-electron chi connectivity index (χ1n) is 8.78. The van der Waals surface area contributed by atoms with Gasteiger partial charge in [0, 0.05) is 25.7 Å². The number of rotatable bonds is 9. The summed E-state index contributed by atoms with van der Waals surface area (Å²) in [5.41, 5.74) is 1.95. The Kier molecular flexibility index (Phi) is 8.03. The Morgan fingerprint density at radius 1 is 1.11 bits per heavy atom. The molecular formula is C20H26N4O3S. The lowest BCUT2D eigenvalue weighted by Gasteiger charge is -2.14. The third kappa shape index (κ3) is 6.11. The summed E-state index contributed by atoms with van der Waals surface area (Å²) in [6, 6.07) is 14.5. The van der Waals surface area contributed by atoms with Gasteiger partial charge in [0.2, 0.25) is 10.0 Å². The van der Waals surface area contributed by atoms with E-state index in [-0.39, 0.29) is 4.90 Å². The van der Waals surface area contributed by atoms with E-state index in [2.05, 4.69) is 26.9 Å². The van der Waals surface area contributed by atoms with Crippen molar-refractivity contribution in [3.63, 3.8) is 0 Å². The van der Waals surface area contributed by atoms with Crippen LogP contribution >= 0.6 is 0 Å². The maximum atomic E-state index is 11.8. The second-order valence-electron chi connectivity index (χ2n) is 5.84. The Hall–Kier alpha value is -2.84. The van der Waals surface area contributed by atoms with Gasteiger partial charge in [-0.3, -0.25) is 4.99 Å². The number of ether oxygens (including phenoxy) is 1. The number of hydrogen-bond acceptors (Lipinski definition) is 4. The van der Waals surface area contributed by atoms with Crippen LogP contribution < -0.4 is 20.1 Å². The van der Waals surface area contributed by atoms with Gasteiger partial charge in [0.15, 0.2) is 5.96 Å². The highest BCUT2D eigenvalue weighted by Crippen LogP contribution is 2.17. The molecule has 0 aliphatic carbocycles. The maximum Gasteiger partial charge on any atom is 0.240 e. The number of sulfonamides is 1. The average Bonchev–Trinajstić information content (AvgIpc) is 2.73. The molecule has 0 aliphatic heterocycles. The summed E-state index contributed by atoms with van der Waals surface area (Å²) in [5.74, 6) is 1.43. The molecule has 150 valence electrons. The Morgan fingerprint density at radius 2 is 1.79 bits per heavy atom. The van der Waals surface area contributed by atoms with Crippen LogP contribution in [0.15, 0.2) is 71.1 Å². The highest BCUT2D eigenvalue weighted by Gasteiger charge is 2.10. The summed E-state index contributed by atoms with van der Waals surface area (Å²) in [7, 11) is -0.343. The van der Waals surface area contributed by atoms with Crippen LogP contribution in [0.2, 0.25) is 0 Å². The number of guanidine groups is 1. The number of aliphatic imine (C=N–C) groups is 1. The van der Waals surface area contributed by atoms with Gasteiger partial charge in [-0.05, 0) is 30.8 Å². The second-order valence-corrected chi connectivity index (χ2v) is 7.72. The van der Waals surface area contributed by atoms with Crippen molar-refractivity contribution in [1.29, 1.82) is 0 Å². The van der Waals surface area contributed by atoms with Gasteiger partial charge < -0.3 is 15.4 Å². The maximum absolute atomic E-state index is 11.8. The van der Waals surface area contributed by atoms with E-state index in [4.69, 9.17) is 4.74 Å². The lowest BCUT2D eigenvalue weighted by molar-refractivity contribution is 0.358. The molecule has 28 heavy (non-hydrogen) atoms. The Morgan fingerprint density at radius 3 is 2.43 bits per heavy atom. The number of para-hydroxylation sites is 1. The van der Waals surface area contributed by atoms with Crippen molar-refractivity contribution >= 4 is 16.0 Å². The van der Waals surface area contributed by atoms with E-state index in [1.54, 1.807) is 37.4 Å². The van der Waals surface area contributed by atoms with Gasteiger partial charge >= 0.3 is 0 Å². The number of nitrogens with zero attached hydrogens (tertiary/aromatic N) is 1. The quantitative estimate of drug-likeness (QED) is 0.339. The zero-order chi connectivity index (χ0) is 20.4. The third-order valence-electron chi connectivity index (χ3n) is 3.96. The molecule has 2 aromatic rings. The number of hydrogen-bond donors (Lipinski definition) is 3. The highest BCUT2D eigenvalue weighted by molar-refractivity contribution is 7.89. The molecule has 0 saturated carbocycles. The molecule has 0 saturated heterocycles. The summed E-state index contributed by atoms with van der Waals surface area (Å²) in [6.45, 7) is 5.17. The van der Waals surface area contributed by atoms with E-state index in [0.29, 0.717) is 25.7 Å². The van der Waals surface area contributed by atoms with Crippen LogP contribution in [-0.4, -0.2) is 35.1 Å². The summed E-state index contributed by atoms with van der Waals surface area (Å²) < 4.78 is 31.5. The molecule has 8 heteroatoms. The molecule has 0 aromatic heterocycles. The smallest absolute Gasteiger partial charge is 0.240 e. The van der Waals surface area contributed by atoms with Crippen LogP contribution in [0.25, 0.3) is 0 Å². The lowest BCUT2D eigenvalue weighted by Crippen LogP contribution is -2.36. The van der Waals surface area contributed by atoms with Crippen LogP contribution in [0.1, 0.15) is 11.1 Å². The fraction of sp³-hybridized carbons (Fsp3) is 0.250. The van der Waals surface area contributed by atoms with Crippen molar-refractivity contribution in [2.45, 2.75) is 18.0 Å². The number of benzene rings is 2.